The second-order valence-electron chi connectivity index (χ2n) is 6.52. The van der Waals surface area contributed by atoms with Gasteiger partial charge in [0, 0.05) is 50.7 Å². The molecule has 0 aromatic carbocycles. The van der Waals surface area contributed by atoms with Crippen LogP contribution in [0.3, 0.4) is 0 Å². The highest BCUT2D eigenvalue weighted by Crippen LogP contribution is 2.41. The molecule has 6 heteroatoms. The number of nitrogens with one attached hydrogen (secondary N) is 1. The first-order chi connectivity index (χ1) is 10.1. The lowest BCUT2D eigenvalue weighted by atomic mass is 9.94. The summed E-state index contributed by atoms with van der Waals surface area (Å²) in [5.41, 5.74) is -0.661. The molecule has 1 atom stereocenters. The predicted molar refractivity (Wildman–Crippen MR) is 84.2 cm³/mol. The summed E-state index contributed by atoms with van der Waals surface area (Å²) in [4.78, 5) is 29.1. The molecule has 0 aromatic heterocycles. The molecule has 1 unspecified atom stereocenters. The molecule has 2 heterocycles. The van der Waals surface area contributed by atoms with Crippen LogP contribution < -0.4 is 5.32 Å². The van der Waals surface area contributed by atoms with Crippen LogP contribution in [0.15, 0.2) is 0 Å². The Morgan fingerprint density at radius 3 is 2.57 bits per heavy atom. The van der Waals surface area contributed by atoms with Crippen LogP contribution in [-0.2, 0) is 9.59 Å². The summed E-state index contributed by atoms with van der Waals surface area (Å²) in [6.45, 7) is 6.39. The Morgan fingerprint density at radius 2 is 1.90 bits per heavy atom. The molecule has 0 spiro atoms. The highest BCUT2D eigenvalue weighted by atomic mass is 32.2. The number of rotatable bonds is 4. The molecule has 0 radical (unpaired) electrons. The maximum absolute atomic E-state index is 12.9. The van der Waals surface area contributed by atoms with Crippen molar-refractivity contribution in [1.29, 1.82) is 0 Å². The van der Waals surface area contributed by atoms with Crippen LogP contribution in [0.4, 0.5) is 0 Å². The van der Waals surface area contributed by atoms with E-state index in [0.29, 0.717) is 18.9 Å². The fraction of sp³-hybridized carbons (Fsp3) is 0.867. The van der Waals surface area contributed by atoms with Crippen molar-refractivity contribution < 1.29 is 9.59 Å². The van der Waals surface area contributed by atoms with Gasteiger partial charge in [-0.3, -0.25) is 14.5 Å². The minimum absolute atomic E-state index is 0.0228. The summed E-state index contributed by atoms with van der Waals surface area (Å²) >= 11 is 2.00. The van der Waals surface area contributed by atoms with Crippen molar-refractivity contribution in [3.05, 3.63) is 0 Å². The molecule has 1 N–H and O–H groups in total. The van der Waals surface area contributed by atoms with E-state index in [2.05, 4.69) is 10.2 Å². The Morgan fingerprint density at radius 1 is 1.19 bits per heavy atom. The zero-order valence-electron chi connectivity index (χ0n) is 12.8. The van der Waals surface area contributed by atoms with Gasteiger partial charge in [-0.15, -0.1) is 0 Å². The van der Waals surface area contributed by atoms with Gasteiger partial charge in [-0.1, -0.05) is 0 Å². The smallest absolute Gasteiger partial charge is 0.248 e. The molecular formula is C15H25N3O2S. The van der Waals surface area contributed by atoms with Crippen LogP contribution in [0.25, 0.3) is 0 Å². The van der Waals surface area contributed by atoms with Crippen LogP contribution in [-0.4, -0.2) is 71.4 Å². The Kier molecular flexibility index (Phi) is 4.45. The molecule has 2 saturated heterocycles. The van der Waals surface area contributed by atoms with E-state index < -0.39 is 5.54 Å². The molecule has 2 amide bonds. The lowest BCUT2D eigenvalue weighted by molar-refractivity contribution is -0.139. The lowest BCUT2D eigenvalue weighted by Crippen LogP contribution is -2.57. The summed E-state index contributed by atoms with van der Waals surface area (Å²) in [5, 5.41) is 2.99. The van der Waals surface area contributed by atoms with Gasteiger partial charge in [0.05, 0.1) is 0 Å². The van der Waals surface area contributed by atoms with Crippen molar-refractivity contribution >= 4 is 23.6 Å². The molecule has 5 nitrogen and oxygen atoms in total. The van der Waals surface area contributed by atoms with Crippen molar-refractivity contribution in [2.45, 2.75) is 31.7 Å². The fourth-order valence-corrected chi connectivity index (χ4v) is 4.29. The Labute approximate surface area is 130 Å². The van der Waals surface area contributed by atoms with Gasteiger partial charge in [0.25, 0.3) is 0 Å². The number of hydrogen-bond donors (Lipinski definition) is 1. The van der Waals surface area contributed by atoms with Gasteiger partial charge < -0.3 is 10.2 Å². The van der Waals surface area contributed by atoms with Crippen molar-refractivity contribution in [3.63, 3.8) is 0 Å². The maximum Gasteiger partial charge on any atom is 0.248 e. The van der Waals surface area contributed by atoms with Crippen LogP contribution in [0.2, 0.25) is 0 Å². The molecule has 0 aromatic rings. The minimum atomic E-state index is -0.661. The van der Waals surface area contributed by atoms with Crippen LogP contribution in [0.1, 0.15) is 26.2 Å². The largest absolute Gasteiger partial charge is 0.342 e. The number of amides is 2. The third kappa shape index (κ3) is 3.37. The van der Waals surface area contributed by atoms with Gasteiger partial charge in [-0.25, -0.2) is 0 Å². The average Bonchev–Trinajstić information content (AvgIpc) is 3.32. The number of thioether (sulfide) groups is 1. The quantitative estimate of drug-likeness (QED) is 0.824. The van der Waals surface area contributed by atoms with Crippen molar-refractivity contribution in [2.24, 2.45) is 5.92 Å². The molecule has 21 heavy (non-hydrogen) atoms. The van der Waals surface area contributed by atoms with Crippen molar-refractivity contribution in [2.75, 3.05) is 44.2 Å². The molecule has 2 aliphatic heterocycles. The van der Waals surface area contributed by atoms with Gasteiger partial charge in [-0.2, -0.15) is 11.8 Å². The molecule has 3 fully saturated rings. The number of carbonyl (C=O) groups is 2. The van der Waals surface area contributed by atoms with Gasteiger partial charge in [-0.05, 0) is 25.7 Å². The summed E-state index contributed by atoms with van der Waals surface area (Å²) in [6, 6.07) is 0. The zero-order chi connectivity index (χ0) is 14.9. The molecule has 1 aliphatic carbocycles. The summed E-state index contributed by atoms with van der Waals surface area (Å²) in [5.74, 6) is 2.86. The van der Waals surface area contributed by atoms with Crippen molar-refractivity contribution in [3.8, 4) is 0 Å². The van der Waals surface area contributed by atoms with E-state index in [0.717, 1.165) is 39.0 Å². The van der Waals surface area contributed by atoms with Crippen LogP contribution in [0, 0.1) is 5.92 Å². The monoisotopic (exact) mass is 311 g/mol. The van der Waals surface area contributed by atoms with Gasteiger partial charge in [0.1, 0.15) is 5.54 Å². The summed E-state index contributed by atoms with van der Waals surface area (Å²) < 4.78 is 0. The first-order valence-electron chi connectivity index (χ1n) is 8.00. The molecular weight excluding hydrogens is 286 g/mol. The summed E-state index contributed by atoms with van der Waals surface area (Å²) in [6.07, 6.45) is 2.54. The van der Waals surface area contributed by atoms with Gasteiger partial charge in [0.15, 0.2) is 0 Å². The normalized spacial score (nSPS) is 32.0. The van der Waals surface area contributed by atoms with E-state index in [-0.39, 0.29) is 11.8 Å². The van der Waals surface area contributed by atoms with Gasteiger partial charge >= 0.3 is 0 Å². The number of carbonyl (C=O) groups excluding carboxylic acids is 2. The van der Waals surface area contributed by atoms with E-state index in [1.807, 2.05) is 23.6 Å². The SMILES string of the molecule is CC1(C2CC2)NC(=O)CCN(CCN2CCSCC2)C1=O. The van der Waals surface area contributed by atoms with E-state index in [9.17, 15) is 9.59 Å². The van der Waals surface area contributed by atoms with E-state index in [1.54, 1.807) is 0 Å². The number of nitrogens with zero attached hydrogens (tertiary/aromatic N) is 2. The Hall–Kier alpha value is -0.750. The fourth-order valence-electron chi connectivity index (χ4n) is 3.31. The first-order valence-corrected chi connectivity index (χ1v) is 9.15. The van der Waals surface area contributed by atoms with E-state index in [1.165, 1.54) is 11.5 Å². The Bertz CT molecular complexity index is 421. The minimum Gasteiger partial charge on any atom is -0.342 e. The second-order valence-corrected chi connectivity index (χ2v) is 7.75. The molecule has 0 bridgehead atoms. The van der Waals surface area contributed by atoms with E-state index in [4.69, 9.17) is 0 Å². The van der Waals surface area contributed by atoms with Crippen LogP contribution in [0.5, 0.6) is 0 Å². The number of hydrogen-bond acceptors (Lipinski definition) is 4. The maximum atomic E-state index is 12.9. The molecule has 3 aliphatic rings. The van der Waals surface area contributed by atoms with Crippen LogP contribution >= 0.6 is 11.8 Å². The average molecular weight is 311 g/mol. The molecule has 118 valence electrons. The highest BCUT2D eigenvalue weighted by Gasteiger charge is 2.50. The third-order valence-electron chi connectivity index (χ3n) is 4.92. The predicted octanol–water partition coefficient (Wildman–Crippen LogP) is 0.552. The highest BCUT2D eigenvalue weighted by molar-refractivity contribution is 7.99. The van der Waals surface area contributed by atoms with Crippen molar-refractivity contribution in [1.82, 2.24) is 15.1 Å². The standard InChI is InChI=1S/C15H25N3O2S/c1-15(12-2-3-12)14(20)18(5-4-13(19)16-15)7-6-17-8-10-21-11-9-17/h12H,2-11H2,1H3,(H,16,19). The lowest BCUT2D eigenvalue weighted by Gasteiger charge is -2.34. The first kappa shape index (κ1) is 15.2. The molecule has 3 rings (SSSR count). The molecule has 1 saturated carbocycles. The zero-order valence-corrected chi connectivity index (χ0v) is 13.6. The van der Waals surface area contributed by atoms with E-state index >= 15 is 0 Å². The third-order valence-corrected chi connectivity index (χ3v) is 5.87. The summed E-state index contributed by atoms with van der Waals surface area (Å²) in [7, 11) is 0. The second kappa shape index (κ2) is 6.16. The Balaban J connectivity index is 1.62. The van der Waals surface area contributed by atoms with Gasteiger partial charge in [0.2, 0.25) is 11.8 Å². The topological polar surface area (TPSA) is 52.7 Å².